The van der Waals surface area contributed by atoms with Gasteiger partial charge in [0.15, 0.2) is 5.82 Å². The van der Waals surface area contributed by atoms with Gasteiger partial charge < -0.3 is 34.8 Å². The number of fused-ring (bicyclic) bond motifs is 3. The Labute approximate surface area is 233 Å². The fourth-order valence-electron chi connectivity index (χ4n) is 5.41. The van der Waals surface area contributed by atoms with Crippen LogP contribution in [0.3, 0.4) is 0 Å². The predicted molar refractivity (Wildman–Crippen MR) is 153 cm³/mol. The second-order valence-corrected chi connectivity index (χ2v) is 11.4. The van der Waals surface area contributed by atoms with E-state index in [1.54, 1.807) is 17.0 Å². The van der Waals surface area contributed by atoms with Gasteiger partial charge in [0.1, 0.15) is 11.4 Å². The Balaban J connectivity index is 1.09. The van der Waals surface area contributed by atoms with Gasteiger partial charge in [0.25, 0.3) is 0 Å². The van der Waals surface area contributed by atoms with Gasteiger partial charge in [-0.25, -0.2) is 14.8 Å². The number of anilines is 4. The van der Waals surface area contributed by atoms with E-state index >= 15 is 0 Å². The third-order valence-corrected chi connectivity index (χ3v) is 7.46. The first-order valence-electron chi connectivity index (χ1n) is 13.7. The summed E-state index contributed by atoms with van der Waals surface area (Å²) in [6.07, 6.45) is 3.49. The molecule has 0 saturated carbocycles. The Bertz CT molecular complexity index is 1370. The first-order chi connectivity index (χ1) is 19.2. The van der Waals surface area contributed by atoms with Crippen molar-refractivity contribution in [3.63, 3.8) is 0 Å². The topological polar surface area (TPSA) is 123 Å². The summed E-state index contributed by atoms with van der Waals surface area (Å²) in [5.41, 5.74) is 2.76. The van der Waals surface area contributed by atoms with Crippen molar-refractivity contribution in [2.45, 2.75) is 32.4 Å². The van der Waals surface area contributed by atoms with Crippen molar-refractivity contribution >= 4 is 29.2 Å². The van der Waals surface area contributed by atoms with Crippen LogP contribution in [0.25, 0.3) is 11.3 Å². The number of carbonyl (C=O) groups excluding carboxylic acids is 1. The second kappa shape index (κ2) is 10.3. The van der Waals surface area contributed by atoms with Crippen LogP contribution in [-0.2, 0) is 4.74 Å². The average molecular weight is 546 g/mol. The van der Waals surface area contributed by atoms with Gasteiger partial charge in [-0.1, -0.05) is 12.1 Å². The third kappa shape index (κ3) is 5.25. The van der Waals surface area contributed by atoms with Crippen LogP contribution in [0.4, 0.5) is 27.9 Å². The van der Waals surface area contributed by atoms with Gasteiger partial charge >= 0.3 is 6.09 Å². The highest BCUT2D eigenvalue weighted by atomic mass is 16.6. The standard InChI is InChI=1S/C28H35N9O3/c1-28(2,3)40-27(39)35-10-8-34(9-11-35)19-15-30-26(31-16-19)36-12-13-37-20(18-36)17-29-25-23(37)14-22(32-33-25)21-6-4-5-7-24(21)38/h4-7,14-16,20,38H,8-13,17-18H2,1-3H3,(H,29,33)/t20-/m0/s1. The number of aromatic hydroxyl groups is 1. The summed E-state index contributed by atoms with van der Waals surface area (Å²) in [6.45, 7) is 11.4. The molecule has 5 heterocycles. The molecule has 0 radical (unpaired) electrons. The normalized spacial score (nSPS) is 19.0. The summed E-state index contributed by atoms with van der Waals surface area (Å²) < 4.78 is 5.50. The largest absolute Gasteiger partial charge is 0.507 e. The Morgan fingerprint density at radius 1 is 1.00 bits per heavy atom. The highest BCUT2D eigenvalue weighted by Gasteiger charge is 2.34. The number of nitrogens with zero attached hydrogens (tertiary/aromatic N) is 8. The lowest BCUT2D eigenvalue weighted by molar-refractivity contribution is 0.0240. The number of hydrogen-bond acceptors (Lipinski definition) is 11. The predicted octanol–water partition coefficient (Wildman–Crippen LogP) is 2.82. The summed E-state index contributed by atoms with van der Waals surface area (Å²) in [5, 5.41) is 22.4. The molecular formula is C28H35N9O3. The molecule has 3 aliphatic rings. The Morgan fingerprint density at radius 3 is 2.45 bits per heavy atom. The van der Waals surface area contributed by atoms with E-state index in [1.807, 2.05) is 51.4 Å². The summed E-state index contributed by atoms with van der Waals surface area (Å²) >= 11 is 0. The Kier molecular flexibility index (Phi) is 6.68. The van der Waals surface area contributed by atoms with Crippen LogP contribution < -0.4 is 20.0 Å². The molecule has 3 aromatic rings. The van der Waals surface area contributed by atoms with Crippen molar-refractivity contribution in [3.8, 4) is 17.0 Å². The molecular weight excluding hydrogens is 510 g/mol. The van der Waals surface area contributed by atoms with E-state index in [2.05, 4.69) is 30.2 Å². The molecule has 40 heavy (non-hydrogen) atoms. The van der Waals surface area contributed by atoms with Gasteiger partial charge in [-0.2, -0.15) is 0 Å². The molecule has 2 N–H and O–H groups in total. The van der Waals surface area contributed by atoms with Crippen molar-refractivity contribution in [1.82, 2.24) is 25.1 Å². The van der Waals surface area contributed by atoms with Crippen LogP contribution in [0.15, 0.2) is 42.7 Å². The van der Waals surface area contributed by atoms with Crippen LogP contribution >= 0.6 is 0 Å². The summed E-state index contributed by atoms with van der Waals surface area (Å²) in [7, 11) is 0. The molecule has 0 unspecified atom stereocenters. The van der Waals surface area contributed by atoms with E-state index in [1.165, 1.54) is 0 Å². The van der Waals surface area contributed by atoms with E-state index < -0.39 is 5.60 Å². The third-order valence-electron chi connectivity index (χ3n) is 7.46. The van der Waals surface area contributed by atoms with Crippen LogP contribution in [0.5, 0.6) is 5.75 Å². The minimum absolute atomic E-state index is 0.187. The number of hydrogen-bond donors (Lipinski definition) is 2. The molecule has 0 bridgehead atoms. The monoisotopic (exact) mass is 545 g/mol. The molecule has 3 aliphatic heterocycles. The number of piperazine rings is 2. The maximum absolute atomic E-state index is 12.4. The molecule has 2 aromatic heterocycles. The van der Waals surface area contributed by atoms with E-state index in [0.29, 0.717) is 43.4 Å². The fraction of sp³-hybridized carbons (Fsp3) is 0.464. The van der Waals surface area contributed by atoms with Gasteiger partial charge in [-0.3, -0.25) is 0 Å². The van der Waals surface area contributed by atoms with Gasteiger partial charge in [-0.15, -0.1) is 10.2 Å². The van der Waals surface area contributed by atoms with E-state index in [0.717, 1.165) is 43.4 Å². The molecule has 1 amide bonds. The summed E-state index contributed by atoms with van der Waals surface area (Å²) in [4.78, 5) is 30.3. The lowest BCUT2D eigenvalue weighted by Gasteiger charge is -2.45. The quantitative estimate of drug-likeness (QED) is 0.505. The fourth-order valence-corrected chi connectivity index (χ4v) is 5.41. The van der Waals surface area contributed by atoms with Crippen molar-refractivity contribution in [2.24, 2.45) is 0 Å². The summed E-state index contributed by atoms with van der Waals surface area (Å²) in [5.74, 6) is 1.66. The number of phenols is 1. The number of phenolic OH excluding ortho intramolecular Hbond substituents is 1. The number of carbonyl (C=O) groups is 1. The number of rotatable bonds is 3. The number of nitrogens with one attached hydrogen (secondary N) is 1. The molecule has 12 nitrogen and oxygen atoms in total. The van der Waals surface area contributed by atoms with Crippen LogP contribution in [0.1, 0.15) is 20.8 Å². The smallest absolute Gasteiger partial charge is 0.410 e. The zero-order chi connectivity index (χ0) is 27.9. The van der Waals surface area contributed by atoms with Crippen LogP contribution in [-0.4, -0.2) is 100 Å². The molecule has 0 spiro atoms. The van der Waals surface area contributed by atoms with Crippen molar-refractivity contribution in [1.29, 1.82) is 0 Å². The van der Waals surface area contributed by atoms with Crippen LogP contribution in [0.2, 0.25) is 0 Å². The van der Waals surface area contributed by atoms with Gasteiger partial charge in [-0.05, 0) is 39.0 Å². The van der Waals surface area contributed by atoms with E-state index in [-0.39, 0.29) is 17.9 Å². The molecule has 210 valence electrons. The number of ether oxygens (including phenoxy) is 1. The molecule has 1 atom stereocenters. The Hall–Kier alpha value is -4.35. The maximum Gasteiger partial charge on any atom is 0.410 e. The highest BCUT2D eigenvalue weighted by Crippen LogP contribution is 2.36. The molecule has 0 aliphatic carbocycles. The highest BCUT2D eigenvalue weighted by molar-refractivity contribution is 5.76. The lowest BCUT2D eigenvalue weighted by Crippen LogP contribution is -2.58. The number of benzene rings is 1. The van der Waals surface area contributed by atoms with E-state index in [9.17, 15) is 9.90 Å². The van der Waals surface area contributed by atoms with Crippen LogP contribution in [0, 0.1) is 0 Å². The SMILES string of the molecule is CC(C)(C)OC(=O)N1CCN(c2cnc(N3CCN4c5cc(-c6ccccc6O)nnc5NC[C@H]4C3)nc2)CC1. The van der Waals surface area contributed by atoms with Crippen molar-refractivity contribution in [2.75, 3.05) is 72.4 Å². The van der Waals surface area contributed by atoms with Gasteiger partial charge in [0, 0.05) is 57.9 Å². The molecule has 12 heteroatoms. The zero-order valence-electron chi connectivity index (χ0n) is 23.1. The number of para-hydroxylation sites is 1. The first kappa shape index (κ1) is 25.9. The average Bonchev–Trinajstić information content (AvgIpc) is 2.96. The maximum atomic E-state index is 12.4. The molecule has 2 fully saturated rings. The lowest BCUT2D eigenvalue weighted by atomic mass is 10.1. The van der Waals surface area contributed by atoms with Crippen molar-refractivity contribution in [3.05, 3.63) is 42.7 Å². The first-order valence-corrected chi connectivity index (χ1v) is 13.7. The molecule has 1 aromatic carbocycles. The Morgan fingerprint density at radius 2 is 1.73 bits per heavy atom. The van der Waals surface area contributed by atoms with E-state index in [4.69, 9.17) is 14.7 Å². The summed E-state index contributed by atoms with van der Waals surface area (Å²) in [6, 6.07) is 9.39. The minimum atomic E-state index is -0.496. The van der Waals surface area contributed by atoms with Gasteiger partial charge in [0.2, 0.25) is 5.95 Å². The molecule has 2 saturated heterocycles. The zero-order valence-corrected chi connectivity index (χ0v) is 23.1. The number of amides is 1. The second-order valence-electron chi connectivity index (χ2n) is 11.4. The molecule has 6 rings (SSSR count). The van der Waals surface area contributed by atoms with Crippen molar-refractivity contribution < 1.29 is 14.6 Å². The number of aromatic nitrogens is 4. The minimum Gasteiger partial charge on any atom is -0.507 e. The van der Waals surface area contributed by atoms with Gasteiger partial charge in [0.05, 0.1) is 35.5 Å².